The Kier molecular flexibility index (Phi) is 12.2. The van der Waals surface area contributed by atoms with E-state index in [0.29, 0.717) is 0 Å². The first-order valence-electron chi connectivity index (χ1n) is 34.5. The first kappa shape index (κ1) is 55.5. The van der Waals surface area contributed by atoms with Gasteiger partial charge in [0, 0.05) is 61.8 Å². The van der Waals surface area contributed by atoms with Crippen LogP contribution >= 0.6 is 0 Å². The van der Waals surface area contributed by atoms with Crippen LogP contribution in [0.15, 0.2) is 358 Å². The van der Waals surface area contributed by atoms with Gasteiger partial charge >= 0.3 is 0 Å². The van der Waals surface area contributed by atoms with Crippen molar-refractivity contribution >= 4 is 88.6 Å². The van der Waals surface area contributed by atoms with Crippen molar-refractivity contribution in [2.45, 2.75) is 11.8 Å². The normalized spacial score (nSPS) is 13.7. The molecule has 460 valence electrons. The maximum Gasteiger partial charge on any atom is 0.0541 e. The summed E-state index contributed by atoms with van der Waals surface area (Å²) in [7, 11) is 0. The van der Waals surface area contributed by atoms with Crippen LogP contribution in [-0.4, -0.2) is 4.57 Å². The molecule has 0 spiro atoms. The monoisotopic (exact) mass is 1260 g/mol. The number of hydrogen-bond donors (Lipinski definition) is 0. The van der Waals surface area contributed by atoms with Crippen molar-refractivity contribution in [1.82, 2.24) is 4.57 Å². The predicted molar refractivity (Wildman–Crippen MR) is 414 cm³/mol. The molecule has 99 heavy (non-hydrogen) atoms. The number of nitrogens with zero attached hydrogens (tertiary/aromatic N) is 3. The van der Waals surface area contributed by atoms with Gasteiger partial charge in [0.25, 0.3) is 0 Å². The Morgan fingerprint density at radius 2 is 0.616 bits per heavy atom. The molecule has 1 atom stereocenters. The molecule has 0 bridgehead atoms. The van der Waals surface area contributed by atoms with Crippen molar-refractivity contribution < 1.29 is 0 Å². The Bertz CT molecular complexity index is 6180. The van der Waals surface area contributed by atoms with Crippen LogP contribution in [0.5, 0.6) is 0 Å². The molecule has 0 radical (unpaired) electrons. The first-order chi connectivity index (χ1) is 49.1. The van der Waals surface area contributed by atoms with Crippen LogP contribution in [0, 0.1) is 0 Å². The van der Waals surface area contributed by atoms with Crippen LogP contribution in [0.25, 0.3) is 116 Å². The van der Waals surface area contributed by atoms with Gasteiger partial charge in [-0.25, -0.2) is 0 Å². The lowest BCUT2D eigenvalue weighted by Crippen LogP contribution is -2.15. The van der Waals surface area contributed by atoms with Crippen molar-refractivity contribution in [3.05, 3.63) is 402 Å². The van der Waals surface area contributed by atoms with Crippen molar-refractivity contribution in [2.24, 2.45) is 0 Å². The predicted octanol–water partition coefficient (Wildman–Crippen LogP) is 25.6. The fraction of sp³-hybridized carbons (Fsp3) is 0.0208. The van der Waals surface area contributed by atoms with E-state index in [0.717, 1.165) is 61.8 Å². The van der Waals surface area contributed by atoms with Gasteiger partial charge in [-0.3, -0.25) is 0 Å². The molecule has 0 N–H and O–H groups in total. The van der Waals surface area contributed by atoms with E-state index in [1.165, 1.54) is 133 Å². The molecule has 1 aromatic heterocycles. The summed E-state index contributed by atoms with van der Waals surface area (Å²) in [5.74, 6) is 0.170. The van der Waals surface area contributed by atoms with Gasteiger partial charge in [0.05, 0.1) is 22.4 Å². The summed E-state index contributed by atoms with van der Waals surface area (Å²) in [4.78, 5) is 5.13. The van der Waals surface area contributed by atoms with Crippen LogP contribution in [0.4, 0.5) is 34.1 Å². The molecule has 3 nitrogen and oxygen atoms in total. The van der Waals surface area contributed by atoms with Gasteiger partial charge < -0.3 is 14.4 Å². The Labute approximate surface area is 575 Å². The number of aromatic nitrogens is 1. The Morgan fingerprint density at radius 3 is 1.18 bits per heavy atom. The Balaban J connectivity index is 0.846. The van der Waals surface area contributed by atoms with Gasteiger partial charge in [-0.2, -0.15) is 0 Å². The number of hydrogen-bond acceptors (Lipinski definition) is 2. The lowest BCUT2D eigenvalue weighted by Gasteiger charge is -2.32. The highest BCUT2D eigenvalue weighted by Gasteiger charge is 2.42. The minimum Gasteiger partial charge on any atom is -0.310 e. The molecular formula is C96H61N3. The van der Waals surface area contributed by atoms with Gasteiger partial charge in [-0.1, -0.05) is 273 Å². The maximum absolute atomic E-state index is 2.57. The minimum atomic E-state index is 0.0563. The van der Waals surface area contributed by atoms with E-state index in [2.05, 4.69) is 372 Å². The van der Waals surface area contributed by atoms with Crippen molar-refractivity contribution in [1.29, 1.82) is 0 Å². The van der Waals surface area contributed by atoms with Gasteiger partial charge in [0.2, 0.25) is 0 Å². The second kappa shape index (κ2) is 21.9. The number of para-hydroxylation sites is 2. The van der Waals surface area contributed by atoms with E-state index < -0.39 is 0 Å². The molecule has 3 heteroatoms. The molecule has 17 aromatic rings. The van der Waals surface area contributed by atoms with E-state index in [9.17, 15) is 0 Å². The molecule has 0 saturated heterocycles. The smallest absolute Gasteiger partial charge is 0.0541 e. The topological polar surface area (TPSA) is 11.4 Å². The zero-order valence-electron chi connectivity index (χ0n) is 54.1. The summed E-state index contributed by atoms with van der Waals surface area (Å²) in [6.07, 6.45) is 0. The van der Waals surface area contributed by atoms with E-state index in [-0.39, 0.29) is 11.8 Å². The number of anilines is 6. The molecule has 1 heterocycles. The zero-order chi connectivity index (χ0) is 64.8. The largest absolute Gasteiger partial charge is 0.310 e. The van der Waals surface area contributed by atoms with Crippen LogP contribution < -0.4 is 9.80 Å². The number of fused-ring (bicyclic) bond motifs is 17. The summed E-state index contributed by atoms with van der Waals surface area (Å²) < 4.78 is 2.42. The van der Waals surface area contributed by atoms with E-state index in [4.69, 9.17) is 0 Å². The summed E-state index contributed by atoms with van der Waals surface area (Å²) >= 11 is 0. The highest BCUT2D eigenvalue weighted by Crippen LogP contribution is 2.61. The SMILES string of the molecule is c1ccc(-n2c3ccccc3c3cc(-c4cc(N(c5ccc6c(c5)C(=C5c7ccccc7-c7ccccc75)c5ccccc5-6)c5cccc6ccccc56)cc(N(c5ccc6c(c5)C(C5c7ccccc7-c7ccccc75)c5ccccc5-6)c5cccc6ccccc56)c4)ccc32)cc1. The first-order valence-corrected chi connectivity index (χ1v) is 34.5. The van der Waals surface area contributed by atoms with E-state index in [1.807, 2.05) is 0 Å². The summed E-state index contributed by atoms with van der Waals surface area (Å²) in [5, 5.41) is 7.09. The highest BCUT2D eigenvalue weighted by molar-refractivity contribution is 6.20. The van der Waals surface area contributed by atoms with Crippen LogP contribution in [0.3, 0.4) is 0 Å². The van der Waals surface area contributed by atoms with E-state index >= 15 is 0 Å². The fourth-order valence-corrected chi connectivity index (χ4v) is 17.7. The van der Waals surface area contributed by atoms with Gasteiger partial charge in [0.15, 0.2) is 0 Å². The van der Waals surface area contributed by atoms with Crippen molar-refractivity contribution in [3.63, 3.8) is 0 Å². The molecule has 4 aliphatic carbocycles. The molecule has 21 rings (SSSR count). The molecule has 0 aliphatic heterocycles. The summed E-state index contributed by atoms with van der Waals surface area (Å²) in [6, 6.07) is 135. The standard InChI is InChI=1S/C96H61N3/c1-2-28-64(29-3-1)99-91-45-21-20-38-79(91)86-56-62(48-53-92(86)99)63-54-67(97(89-46-22-26-60-24-4-6-30-69(60)89)65-49-51-77-75-36-12-18-43-84(75)95(87(77)58-65)93-80-39-14-8-32-71(80)72-33-9-15-40-81(72)93)57-68(55-63)98(90-47-23-27-61-25-5-7-31-70(61)90)66-50-52-78-76-37-13-19-44-85(76)96(88(78)59-66)94-82-41-16-10-34-73(82)74-35-11-17-42-83(74)94/h1-59,93,95H. The third-order valence-electron chi connectivity index (χ3n) is 21.8. The summed E-state index contributed by atoms with van der Waals surface area (Å²) in [6.45, 7) is 0. The van der Waals surface area contributed by atoms with Crippen LogP contribution in [0.2, 0.25) is 0 Å². The second-order valence-electron chi connectivity index (χ2n) is 26.9. The molecule has 0 amide bonds. The lowest BCUT2D eigenvalue weighted by molar-refractivity contribution is 0.724. The number of rotatable bonds is 9. The minimum absolute atomic E-state index is 0.0563. The van der Waals surface area contributed by atoms with Gasteiger partial charge in [0.1, 0.15) is 0 Å². The van der Waals surface area contributed by atoms with Gasteiger partial charge in [-0.15, -0.1) is 0 Å². The average molecular weight is 1260 g/mol. The van der Waals surface area contributed by atoms with Crippen molar-refractivity contribution in [3.8, 4) is 61.3 Å². The fourth-order valence-electron chi connectivity index (χ4n) is 17.7. The Hall–Kier alpha value is -12.8. The Morgan fingerprint density at radius 1 is 0.212 bits per heavy atom. The van der Waals surface area contributed by atoms with E-state index in [1.54, 1.807) is 0 Å². The molecule has 0 fully saturated rings. The van der Waals surface area contributed by atoms with Crippen LogP contribution in [-0.2, 0) is 0 Å². The molecule has 4 aliphatic rings. The molecular weight excluding hydrogens is 1200 g/mol. The quantitative estimate of drug-likeness (QED) is 0.143. The zero-order valence-corrected chi connectivity index (χ0v) is 54.1. The van der Waals surface area contributed by atoms with Crippen LogP contribution in [0.1, 0.15) is 56.3 Å². The number of benzene rings is 16. The summed E-state index contributed by atoms with van der Waals surface area (Å²) in [5.41, 5.74) is 35.4. The third kappa shape index (κ3) is 8.38. The molecule has 16 aromatic carbocycles. The second-order valence-corrected chi connectivity index (χ2v) is 26.9. The lowest BCUT2D eigenvalue weighted by atomic mass is 9.78. The molecule has 1 unspecified atom stereocenters. The maximum atomic E-state index is 2.57. The van der Waals surface area contributed by atoms with Crippen molar-refractivity contribution in [2.75, 3.05) is 9.80 Å². The molecule has 0 saturated carbocycles. The average Bonchev–Trinajstić information content (AvgIpc) is 1.61. The van der Waals surface area contributed by atoms with Gasteiger partial charge in [-0.05, 0) is 207 Å². The third-order valence-corrected chi connectivity index (χ3v) is 21.8. The highest BCUT2D eigenvalue weighted by atomic mass is 15.2.